The van der Waals surface area contributed by atoms with Crippen LogP contribution in [0.15, 0.2) is 4.90 Å². The average Bonchev–Trinajstić information content (AvgIpc) is 2.34. The molecule has 23 heavy (non-hydrogen) atoms. The van der Waals surface area contributed by atoms with Crippen molar-refractivity contribution in [1.82, 2.24) is 0 Å². The third kappa shape index (κ3) is 4.07. The van der Waals surface area contributed by atoms with Gasteiger partial charge >= 0.3 is 29.6 Å². The summed E-state index contributed by atoms with van der Waals surface area (Å²) in [7, 11) is 0. The van der Waals surface area contributed by atoms with Crippen LogP contribution in [0.2, 0.25) is 0 Å². The molecule has 0 unspecified atom stereocenters. The van der Waals surface area contributed by atoms with E-state index in [0.29, 0.717) is 0 Å². The Kier molecular flexibility index (Phi) is 7.76. The van der Waals surface area contributed by atoms with Crippen LogP contribution in [0.4, 0.5) is 0 Å². The first-order chi connectivity index (χ1) is 10.0. The van der Waals surface area contributed by atoms with E-state index in [4.69, 9.17) is 0 Å². The summed E-state index contributed by atoms with van der Waals surface area (Å²) >= 11 is 4.18. The number of thiol groups is 1. The number of benzene rings is 1. The quantitative estimate of drug-likeness (QED) is 0.465. The fourth-order valence-corrected chi connectivity index (χ4v) is 3.02. The number of Topliss-reactive ketones (excluding diaryl/α,β-unsaturated/α-hetero) is 5. The van der Waals surface area contributed by atoms with Crippen LogP contribution in [0.1, 0.15) is 87.8 Å². The van der Waals surface area contributed by atoms with Crippen LogP contribution in [-0.4, -0.2) is 28.9 Å². The molecule has 0 aliphatic carbocycles. The SMILES string of the molecule is CC(=O)c1c(S)c(C(C)=O)c(C(C)=O)c(C(C)=O)c1C(C)=O.[H-].[Na+]. The molecule has 0 N–H and O–H groups in total. The first kappa shape index (κ1) is 21.9. The fraction of sp³-hybridized carbons (Fsp3) is 0.312. The Morgan fingerprint density at radius 3 is 0.913 bits per heavy atom. The van der Waals surface area contributed by atoms with Crippen LogP contribution in [-0.2, 0) is 0 Å². The van der Waals surface area contributed by atoms with Crippen molar-refractivity contribution in [3.63, 3.8) is 0 Å². The van der Waals surface area contributed by atoms with Gasteiger partial charge in [-0.25, -0.2) is 0 Å². The molecule has 0 aromatic heterocycles. The molecule has 1 aromatic carbocycles. The standard InChI is InChI=1S/C16H16O5S.Na.H/c1-6(17)11-12(7(2)18)14(9(4)20)16(22)15(10(5)21)13(11)8(3)19;;/h22H,1-5H3;;/q;+1;-1. The largest absolute Gasteiger partial charge is 1.00 e. The molecule has 0 amide bonds. The summed E-state index contributed by atoms with van der Waals surface area (Å²) in [6.07, 6.45) is 0. The molecule has 0 aliphatic heterocycles. The van der Waals surface area contributed by atoms with Crippen molar-refractivity contribution in [1.29, 1.82) is 0 Å². The van der Waals surface area contributed by atoms with Crippen LogP contribution in [0.3, 0.4) is 0 Å². The van der Waals surface area contributed by atoms with Crippen molar-refractivity contribution in [2.75, 3.05) is 0 Å². The maximum absolute atomic E-state index is 12.0. The second kappa shape index (κ2) is 8.15. The molecule has 0 fully saturated rings. The zero-order chi connectivity index (χ0) is 17.4. The van der Waals surface area contributed by atoms with E-state index in [1.807, 2.05) is 0 Å². The van der Waals surface area contributed by atoms with Crippen LogP contribution in [0.25, 0.3) is 0 Å². The van der Waals surface area contributed by atoms with Gasteiger partial charge in [-0.3, -0.25) is 24.0 Å². The van der Waals surface area contributed by atoms with E-state index >= 15 is 0 Å². The van der Waals surface area contributed by atoms with Crippen molar-refractivity contribution >= 4 is 41.5 Å². The molecule has 0 atom stereocenters. The maximum atomic E-state index is 12.0. The van der Waals surface area contributed by atoms with Gasteiger partial charge < -0.3 is 1.43 Å². The summed E-state index contributed by atoms with van der Waals surface area (Å²) in [6, 6.07) is 0. The zero-order valence-electron chi connectivity index (χ0n) is 15.0. The Morgan fingerprint density at radius 1 is 0.565 bits per heavy atom. The van der Waals surface area contributed by atoms with E-state index in [9.17, 15) is 24.0 Å². The molecule has 1 aromatic rings. The van der Waals surface area contributed by atoms with Gasteiger partial charge in [-0.1, -0.05) is 0 Å². The third-order valence-electron chi connectivity index (χ3n) is 3.23. The molecule has 0 saturated carbocycles. The van der Waals surface area contributed by atoms with Gasteiger partial charge in [0, 0.05) is 32.7 Å². The van der Waals surface area contributed by atoms with Crippen molar-refractivity contribution in [3.05, 3.63) is 27.8 Å². The van der Waals surface area contributed by atoms with Crippen LogP contribution in [0.5, 0.6) is 0 Å². The maximum Gasteiger partial charge on any atom is 1.00 e. The molecule has 1 rings (SSSR count). The Morgan fingerprint density at radius 2 is 0.739 bits per heavy atom. The third-order valence-corrected chi connectivity index (χ3v) is 3.68. The average molecular weight is 344 g/mol. The van der Waals surface area contributed by atoms with E-state index in [1.165, 1.54) is 34.6 Å². The molecule has 118 valence electrons. The van der Waals surface area contributed by atoms with Crippen LogP contribution in [0, 0.1) is 0 Å². The Balaban J connectivity index is 0. The Bertz CT molecular complexity index is 702. The number of hydrogen-bond donors (Lipinski definition) is 1. The monoisotopic (exact) mass is 344 g/mol. The molecule has 0 radical (unpaired) electrons. The van der Waals surface area contributed by atoms with E-state index in [0.717, 1.165) is 0 Å². The minimum atomic E-state index is -0.561. The summed E-state index contributed by atoms with van der Waals surface area (Å²) in [6.45, 7) is 5.99. The summed E-state index contributed by atoms with van der Waals surface area (Å²) in [4.78, 5) is 59.7. The summed E-state index contributed by atoms with van der Waals surface area (Å²) in [5.41, 5.74) is -0.693. The predicted octanol–water partition coefficient (Wildman–Crippen LogP) is 0.105. The zero-order valence-corrected chi connectivity index (χ0v) is 16.9. The van der Waals surface area contributed by atoms with Gasteiger partial charge in [0.1, 0.15) is 0 Å². The second-order valence-corrected chi connectivity index (χ2v) is 5.45. The molecule has 0 heterocycles. The van der Waals surface area contributed by atoms with Gasteiger partial charge in [0.05, 0.1) is 0 Å². The summed E-state index contributed by atoms with van der Waals surface area (Å²) in [5.74, 6) is -2.65. The fourth-order valence-electron chi connectivity index (χ4n) is 2.48. The van der Waals surface area contributed by atoms with Crippen molar-refractivity contribution in [2.45, 2.75) is 39.5 Å². The normalized spacial score (nSPS) is 9.83. The smallest absolute Gasteiger partial charge is 1.00 e. The number of hydrogen-bond acceptors (Lipinski definition) is 6. The molecule has 5 nitrogen and oxygen atoms in total. The van der Waals surface area contributed by atoms with Gasteiger partial charge in [-0.05, 0) is 34.6 Å². The van der Waals surface area contributed by atoms with Gasteiger partial charge in [0.2, 0.25) is 0 Å². The molecule has 0 saturated heterocycles. The molecule has 7 heteroatoms. The Hall–Kier alpha value is -1.08. The molecular weight excluding hydrogens is 327 g/mol. The van der Waals surface area contributed by atoms with Gasteiger partial charge in [0.25, 0.3) is 0 Å². The molecule has 0 aliphatic rings. The molecule has 0 spiro atoms. The Labute approximate surface area is 163 Å². The van der Waals surface area contributed by atoms with Crippen molar-refractivity contribution in [2.24, 2.45) is 0 Å². The first-order valence-corrected chi connectivity index (χ1v) is 6.94. The van der Waals surface area contributed by atoms with E-state index < -0.39 is 28.9 Å². The minimum Gasteiger partial charge on any atom is -1.00 e. The van der Waals surface area contributed by atoms with Crippen molar-refractivity contribution in [3.8, 4) is 0 Å². The number of carbonyl (C=O) groups is 5. The summed E-state index contributed by atoms with van der Waals surface area (Å²) < 4.78 is 0. The van der Waals surface area contributed by atoms with E-state index in [2.05, 4.69) is 12.6 Å². The number of ketones is 5. The van der Waals surface area contributed by atoms with Gasteiger partial charge in [0.15, 0.2) is 28.9 Å². The number of rotatable bonds is 5. The van der Waals surface area contributed by atoms with E-state index in [-0.39, 0.29) is 63.7 Å². The second-order valence-electron chi connectivity index (χ2n) is 5.00. The summed E-state index contributed by atoms with van der Waals surface area (Å²) in [5, 5.41) is 0. The minimum absolute atomic E-state index is 0. The topological polar surface area (TPSA) is 85.3 Å². The molecule has 0 bridgehead atoms. The van der Waals surface area contributed by atoms with Crippen LogP contribution < -0.4 is 29.6 Å². The van der Waals surface area contributed by atoms with E-state index in [1.54, 1.807) is 0 Å². The predicted molar refractivity (Wildman–Crippen MR) is 84.8 cm³/mol. The van der Waals surface area contributed by atoms with Crippen LogP contribution >= 0.6 is 12.6 Å². The molecular formula is C16H17NaO5S. The first-order valence-electron chi connectivity index (χ1n) is 6.49. The van der Waals surface area contributed by atoms with Gasteiger partial charge in [-0.2, -0.15) is 0 Å². The number of carbonyl (C=O) groups excluding carboxylic acids is 5. The van der Waals surface area contributed by atoms with Crippen molar-refractivity contribution < 1.29 is 55.0 Å². The van der Waals surface area contributed by atoms with Gasteiger partial charge in [-0.15, -0.1) is 12.6 Å².